The Balaban J connectivity index is 1.72. The van der Waals surface area contributed by atoms with Crippen LogP contribution in [0.2, 0.25) is 0 Å². The molecule has 0 bridgehead atoms. The summed E-state index contributed by atoms with van der Waals surface area (Å²) in [6.07, 6.45) is -4.32. The van der Waals surface area contributed by atoms with Crippen molar-refractivity contribution in [2.45, 2.75) is 6.18 Å². The molecule has 0 aromatic heterocycles. The van der Waals surface area contributed by atoms with Crippen molar-refractivity contribution < 1.29 is 31.1 Å². The smallest absolute Gasteiger partial charge is 0.350 e. The highest BCUT2D eigenvalue weighted by molar-refractivity contribution is 14.1. The predicted molar refractivity (Wildman–Crippen MR) is 107 cm³/mol. The van der Waals surface area contributed by atoms with Crippen LogP contribution >= 0.6 is 22.6 Å². The number of hydrogen-bond acceptors (Lipinski definition) is 3. The third kappa shape index (κ3) is 5.36. The summed E-state index contributed by atoms with van der Waals surface area (Å²) in [5.41, 5.74) is -0.834. The number of benzene rings is 2. The minimum Gasteiger partial charge on any atom is -0.350 e. The maximum atomic E-state index is 14.4. The lowest BCUT2D eigenvalue weighted by atomic mass is 9.98. The zero-order valence-electron chi connectivity index (χ0n) is 15.3. The molecule has 4 nitrogen and oxygen atoms in total. The molecule has 1 heterocycles. The molecule has 1 fully saturated rings. The van der Waals surface area contributed by atoms with Gasteiger partial charge < -0.3 is 15.5 Å². The van der Waals surface area contributed by atoms with E-state index >= 15 is 0 Å². The summed E-state index contributed by atoms with van der Waals surface area (Å²) in [4.78, 5) is 14.0. The van der Waals surface area contributed by atoms with E-state index in [-0.39, 0.29) is 36.8 Å². The highest BCUT2D eigenvalue weighted by Crippen LogP contribution is 2.31. The van der Waals surface area contributed by atoms with Crippen LogP contribution in [0.25, 0.3) is 0 Å². The Morgan fingerprint density at radius 1 is 1.10 bits per heavy atom. The third-order valence-electron chi connectivity index (χ3n) is 4.52. The molecule has 2 N–H and O–H groups in total. The molecule has 0 spiro atoms. The number of nitrogens with zero attached hydrogens (tertiary/aromatic N) is 1. The minimum absolute atomic E-state index is 0.0695. The summed E-state index contributed by atoms with van der Waals surface area (Å²) < 4.78 is 79.4. The van der Waals surface area contributed by atoms with E-state index in [1.54, 1.807) is 6.07 Å². The molecule has 1 aliphatic rings. The van der Waals surface area contributed by atoms with Gasteiger partial charge in [-0.25, -0.2) is 13.2 Å². The van der Waals surface area contributed by atoms with Gasteiger partial charge in [-0.15, -0.1) is 0 Å². The quantitative estimate of drug-likeness (QED) is 0.411. The van der Waals surface area contributed by atoms with Crippen LogP contribution in [0.1, 0.15) is 10.4 Å². The van der Waals surface area contributed by atoms with E-state index in [0.717, 1.165) is 12.1 Å². The second kappa shape index (κ2) is 9.00. The van der Waals surface area contributed by atoms with Crippen LogP contribution in [0.5, 0.6) is 0 Å². The number of rotatable bonds is 6. The molecule has 0 radical (unpaired) electrons. The Morgan fingerprint density at radius 3 is 2.43 bits per heavy atom. The van der Waals surface area contributed by atoms with Crippen molar-refractivity contribution in [3.05, 3.63) is 56.9 Å². The molecular weight excluding hydrogens is 527 g/mol. The molecule has 162 valence electrons. The molecule has 11 heteroatoms. The molecule has 3 rings (SSSR count). The Morgan fingerprint density at radius 2 is 1.80 bits per heavy atom. The fraction of sp³-hybridized carbons (Fsp3) is 0.316. The number of likely N-dealkylation sites (tertiary alicyclic amines) is 1. The Kier molecular flexibility index (Phi) is 6.80. The second-order valence-corrected chi connectivity index (χ2v) is 8.10. The maximum absolute atomic E-state index is 14.4. The summed E-state index contributed by atoms with van der Waals surface area (Å²) >= 11 is 1.89. The highest BCUT2D eigenvalue weighted by Gasteiger charge is 2.34. The molecule has 1 amide bonds. The van der Waals surface area contributed by atoms with Gasteiger partial charge in [0.25, 0.3) is 5.91 Å². The summed E-state index contributed by atoms with van der Waals surface area (Å²) in [5, 5.41) is 4.72. The van der Waals surface area contributed by atoms with Gasteiger partial charge in [-0.1, -0.05) is 0 Å². The first kappa shape index (κ1) is 22.7. The number of carbonyl (C=O) groups is 1. The van der Waals surface area contributed by atoms with Crippen LogP contribution in [-0.2, 0) is 0 Å². The molecule has 2 aromatic carbocycles. The average molecular weight is 543 g/mol. The van der Waals surface area contributed by atoms with Gasteiger partial charge in [-0.05, 0) is 52.9 Å². The first-order chi connectivity index (χ1) is 14.0. The summed E-state index contributed by atoms with van der Waals surface area (Å²) in [6.45, 7) is -0.726. The number of amides is 1. The van der Waals surface area contributed by atoms with Crippen molar-refractivity contribution in [2.75, 3.05) is 31.5 Å². The summed E-state index contributed by atoms with van der Waals surface area (Å²) in [6, 6.07) is 5.96. The van der Waals surface area contributed by atoms with E-state index in [1.807, 2.05) is 22.6 Å². The average Bonchev–Trinajstić information content (AvgIpc) is 2.61. The lowest BCUT2D eigenvalue weighted by Gasteiger charge is -2.39. The van der Waals surface area contributed by atoms with Crippen LogP contribution in [0, 0.1) is 26.9 Å². The first-order valence-electron chi connectivity index (χ1n) is 8.82. The van der Waals surface area contributed by atoms with E-state index in [0.29, 0.717) is 3.57 Å². The Hall–Kier alpha value is -2.02. The molecule has 0 unspecified atom stereocenters. The third-order valence-corrected chi connectivity index (χ3v) is 5.19. The zero-order chi connectivity index (χ0) is 22.1. The maximum Gasteiger partial charge on any atom is 0.401 e. The van der Waals surface area contributed by atoms with Gasteiger partial charge in [-0.3, -0.25) is 4.79 Å². The Labute approximate surface area is 181 Å². The van der Waals surface area contributed by atoms with Gasteiger partial charge in [-0.2, -0.15) is 13.2 Å². The van der Waals surface area contributed by atoms with Crippen LogP contribution in [0.4, 0.5) is 37.7 Å². The van der Waals surface area contributed by atoms with Crippen molar-refractivity contribution in [3.8, 4) is 0 Å². The number of carbonyl (C=O) groups excluding carboxylic acids is 1. The van der Waals surface area contributed by atoms with E-state index in [2.05, 4.69) is 10.6 Å². The van der Waals surface area contributed by atoms with Crippen LogP contribution < -0.4 is 10.6 Å². The van der Waals surface area contributed by atoms with Gasteiger partial charge in [0.15, 0.2) is 11.6 Å². The summed E-state index contributed by atoms with van der Waals surface area (Å²) in [5.74, 6) is -4.06. The largest absolute Gasteiger partial charge is 0.401 e. The second-order valence-electron chi connectivity index (χ2n) is 6.86. The SMILES string of the molecule is O=C(c1ccc(F)c(F)c1Nc1ccc(I)cc1F)N1CC(CNCC(F)(F)F)C1. The molecule has 0 saturated carbocycles. The number of alkyl halides is 3. The number of nitrogens with one attached hydrogen (secondary N) is 2. The molecule has 1 aliphatic heterocycles. The van der Waals surface area contributed by atoms with Gasteiger partial charge in [0.2, 0.25) is 0 Å². The van der Waals surface area contributed by atoms with E-state index in [4.69, 9.17) is 0 Å². The molecular formula is C19H16F6IN3O. The highest BCUT2D eigenvalue weighted by atomic mass is 127. The molecule has 0 atom stereocenters. The van der Waals surface area contributed by atoms with Crippen LogP contribution in [0.15, 0.2) is 30.3 Å². The minimum atomic E-state index is -4.32. The van der Waals surface area contributed by atoms with E-state index in [1.165, 1.54) is 17.0 Å². The lowest BCUT2D eigenvalue weighted by Crippen LogP contribution is -2.53. The van der Waals surface area contributed by atoms with Crippen molar-refractivity contribution in [2.24, 2.45) is 5.92 Å². The van der Waals surface area contributed by atoms with E-state index in [9.17, 15) is 31.1 Å². The van der Waals surface area contributed by atoms with E-state index < -0.39 is 41.8 Å². The monoisotopic (exact) mass is 543 g/mol. The predicted octanol–water partition coefficient (Wildman–Crippen LogP) is 4.68. The number of anilines is 2. The molecule has 2 aromatic rings. The Bertz CT molecular complexity index is 947. The van der Waals surface area contributed by atoms with Gasteiger partial charge in [0.05, 0.1) is 23.5 Å². The number of hydrogen-bond donors (Lipinski definition) is 2. The first-order valence-corrected chi connectivity index (χ1v) is 9.90. The van der Waals surface area contributed by atoms with Crippen molar-refractivity contribution in [1.82, 2.24) is 10.2 Å². The molecule has 0 aliphatic carbocycles. The van der Waals surface area contributed by atoms with Crippen molar-refractivity contribution in [1.29, 1.82) is 0 Å². The van der Waals surface area contributed by atoms with Crippen molar-refractivity contribution >= 4 is 39.9 Å². The van der Waals surface area contributed by atoms with Crippen LogP contribution in [-0.4, -0.2) is 43.2 Å². The zero-order valence-corrected chi connectivity index (χ0v) is 17.5. The van der Waals surface area contributed by atoms with Gasteiger partial charge in [0, 0.05) is 29.1 Å². The normalized spacial score (nSPS) is 14.6. The fourth-order valence-electron chi connectivity index (χ4n) is 3.03. The standard InChI is InChI=1S/C19H16F6IN3O/c20-13-3-2-12(17(16(13)22)28-15-4-1-11(26)5-14(15)21)18(30)29-7-10(8-29)6-27-9-19(23,24)25/h1-5,10,27-28H,6-9H2. The lowest BCUT2D eigenvalue weighted by molar-refractivity contribution is -0.125. The molecule has 1 saturated heterocycles. The fourth-order valence-corrected chi connectivity index (χ4v) is 3.48. The van der Waals surface area contributed by atoms with Crippen molar-refractivity contribution in [3.63, 3.8) is 0 Å². The molecule has 30 heavy (non-hydrogen) atoms. The number of halogens is 7. The summed E-state index contributed by atoms with van der Waals surface area (Å²) in [7, 11) is 0. The topological polar surface area (TPSA) is 44.4 Å². The van der Waals surface area contributed by atoms with Gasteiger partial charge in [0.1, 0.15) is 5.82 Å². The van der Waals surface area contributed by atoms with Gasteiger partial charge >= 0.3 is 6.18 Å². The van der Waals surface area contributed by atoms with Crippen LogP contribution in [0.3, 0.4) is 0 Å².